The predicted molar refractivity (Wildman–Crippen MR) is 82.6 cm³/mol. The SMILES string of the molecule is Cc1nc2c(c(=O)[nH]1)CN(C(=O)CNC(=O)c1ccc(Br)o1)C2. The first kappa shape index (κ1) is 15.5. The highest BCUT2D eigenvalue weighted by atomic mass is 79.9. The minimum Gasteiger partial charge on any atom is -0.444 e. The number of fused-ring (bicyclic) bond motifs is 1. The fourth-order valence-electron chi connectivity index (χ4n) is 2.36. The van der Waals surface area contributed by atoms with Gasteiger partial charge in [-0.05, 0) is 35.0 Å². The Labute approximate surface area is 139 Å². The zero-order chi connectivity index (χ0) is 16.6. The van der Waals surface area contributed by atoms with Gasteiger partial charge < -0.3 is 19.6 Å². The fourth-order valence-corrected chi connectivity index (χ4v) is 2.66. The van der Waals surface area contributed by atoms with Crippen molar-refractivity contribution in [2.24, 2.45) is 0 Å². The lowest BCUT2D eigenvalue weighted by Gasteiger charge is -2.14. The van der Waals surface area contributed by atoms with Crippen LogP contribution in [0.5, 0.6) is 0 Å². The summed E-state index contributed by atoms with van der Waals surface area (Å²) in [5.41, 5.74) is 0.860. The Morgan fingerprint density at radius 1 is 1.43 bits per heavy atom. The average Bonchev–Trinajstić information content (AvgIpc) is 3.10. The molecular formula is C14H13BrN4O4. The second kappa shape index (κ2) is 5.99. The summed E-state index contributed by atoms with van der Waals surface area (Å²) in [5.74, 6) is -0.144. The Balaban J connectivity index is 1.61. The summed E-state index contributed by atoms with van der Waals surface area (Å²) in [5, 5.41) is 2.49. The first-order valence-corrected chi connectivity index (χ1v) is 7.63. The van der Waals surface area contributed by atoms with Gasteiger partial charge in [-0.3, -0.25) is 14.4 Å². The molecule has 1 aliphatic rings. The second-order valence-corrected chi connectivity index (χ2v) is 5.89. The molecule has 0 saturated carbocycles. The molecule has 0 atom stereocenters. The second-order valence-electron chi connectivity index (χ2n) is 5.11. The number of aromatic amines is 1. The van der Waals surface area contributed by atoms with Crippen molar-refractivity contribution >= 4 is 27.7 Å². The van der Waals surface area contributed by atoms with Gasteiger partial charge in [-0.2, -0.15) is 0 Å². The van der Waals surface area contributed by atoms with Gasteiger partial charge in [-0.25, -0.2) is 4.98 Å². The lowest BCUT2D eigenvalue weighted by molar-refractivity contribution is -0.130. The molecule has 9 heteroatoms. The molecule has 120 valence electrons. The molecule has 2 amide bonds. The Morgan fingerprint density at radius 2 is 2.22 bits per heavy atom. The summed E-state index contributed by atoms with van der Waals surface area (Å²) < 4.78 is 5.54. The predicted octanol–water partition coefficient (Wildman–Crippen LogP) is 0.706. The van der Waals surface area contributed by atoms with Crippen LogP contribution in [0, 0.1) is 6.92 Å². The summed E-state index contributed by atoms with van der Waals surface area (Å²) in [6.07, 6.45) is 0. The van der Waals surface area contributed by atoms with Crippen molar-refractivity contribution < 1.29 is 14.0 Å². The zero-order valence-electron chi connectivity index (χ0n) is 12.2. The van der Waals surface area contributed by atoms with Crippen LogP contribution >= 0.6 is 15.9 Å². The van der Waals surface area contributed by atoms with Gasteiger partial charge in [0.25, 0.3) is 11.5 Å². The van der Waals surface area contributed by atoms with Crippen LogP contribution in [0.1, 0.15) is 27.6 Å². The van der Waals surface area contributed by atoms with Crippen molar-refractivity contribution in [1.29, 1.82) is 0 Å². The number of nitrogens with zero attached hydrogens (tertiary/aromatic N) is 2. The van der Waals surface area contributed by atoms with Crippen LogP contribution in [0.4, 0.5) is 0 Å². The number of aryl methyl sites for hydroxylation is 1. The van der Waals surface area contributed by atoms with Crippen LogP contribution < -0.4 is 10.9 Å². The topological polar surface area (TPSA) is 108 Å². The van der Waals surface area contributed by atoms with Crippen LogP contribution in [-0.2, 0) is 17.9 Å². The van der Waals surface area contributed by atoms with Crippen molar-refractivity contribution in [3.8, 4) is 0 Å². The van der Waals surface area contributed by atoms with E-state index < -0.39 is 5.91 Å². The molecule has 2 aromatic heterocycles. The van der Waals surface area contributed by atoms with Crippen LogP contribution in [-0.4, -0.2) is 33.2 Å². The molecule has 0 aromatic carbocycles. The third-order valence-corrected chi connectivity index (χ3v) is 3.89. The molecule has 0 radical (unpaired) electrons. The number of halogens is 1. The lowest BCUT2D eigenvalue weighted by Crippen LogP contribution is -2.37. The van der Waals surface area contributed by atoms with Gasteiger partial charge in [0.1, 0.15) is 5.82 Å². The molecule has 2 aromatic rings. The molecule has 0 spiro atoms. The van der Waals surface area contributed by atoms with Gasteiger partial charge >= 0.3 is 0 Å². The van der Waals surface area contributed by atoms with E-state index in [1.54, 1.807) is 13.0 Å². The summed E-state index contributed by atoms with van der Waals surface area (Å²) in [4.78, 5) is 44.2. The molecular weight excluding hydrogens is 368 g/mol. The average molecular weight is 381 g/mol. The minimum atomic E-state index is -0.479. The number of carbonyl (C=O) groups excluding carboxylic acids is 2. The van der Waals surface area contributed by atoms with Crippen LogP contribution in [0.15, 0.2) is 26.0 Å². The molecule has 0 fully saturated rings. The van der Waals surface area contributed by atoms with E-state index in [9.17, 15) is 14.4 Å². The number of nitrogens with one attached hydrogen (secondary N) is 2. The molecule has 23 heavy (non-hydrogen) atoms. The van der Waals surface area contributed by atoms with E-state index in [4.69, 9.17) is 4.42 Å². The van der Waals surface area contributed by atoms with E-state index in [0.29, 0.717) is 21.8 Å². The maximum atomic E-state index is 12.2. The Bertz CT molecular complexity index is 842. The van der Waals surface area contributed by atoms with Crippen LogP contribution in [0.25, 0.3) is 0 Å². The molecule has 3 rings (SSSR count). The van der Waals surface area contributed by atoms with Crippen molar-refractivity contribution in [2.75, 3.05) is 6.54 Å². The summed E-state index contributed by atoms with van der Waals surface area (Å²) in [6.45, 7) is 1.97. The van der Waals surface area contributed by atoms with Gasteiger partial charge in [0.15, 0.2) is 10.4 Å². The Morgan fingerprint density at radius 3 is 2.91 bits per heavy atom. The Kier molecular flexibility index (Phi) is 4.03. The first-order chi connectivity index (χ1) is 10.9. The normalized spacial score (nSPS) is 13.0. The highest BCUT2D eigenvalue weighted by Gasteiger charge is 2.27. The zero-order valence-corrected chi connectivity index (χ0v) is 13.8. The van der Waals surface area contributed by atoms with Crippen molar-refractivity contribution in [1.82, 2.24) is 20.2 Å². The van der Waals surface area contributed by atoms with Gasteiger partial charge in [0, 0.05) is 0 Å². The summed E-state index contributed by atoms with van der Waals surface area (Å²) in [6, 6.07) is 3.09. The van der Waals surface area contributed by atoms with E-state index in [2.05, 4.69) is 31.2 Å². The third kappa shape index (κ3) is 3.19. The van der Waals surface area contributed by atoms with Crippen molar-refractivity contribution in [3.05, 3.63) is 50.0 Å². The number of carbonyl (C=O) groups is 2. The number of H-pyrrole nitrogens is 1. The van der Waals surface area contributed by atoms with Crippen LogP contribution in [0.3, 0.4) is 0 Å². The first-order valence-electron chi connectivity index (χ1n) is 6.84. The maximum absolute atomic E-state index is 12.2. The summed E-state index contributed by atoms with van der Waals surface area (Å²) >= 11 is 3.10. The largest absolute Gasteiger partial charge is 0.444 e. The maximum Gasteiger partial charge on any atom is 0.287 e. The highest BCUT2D eigenvalue weighted by Crippen LogP contribution is 2.17. The van der Waals surface area contributed by atoms with Gasteiger partial charge in [-0.1, -0.05) is 0 Å². The molecule has 0 aliphatic carbocycles. The number of rotatable bonds is 3. The number of amides is 2. The van der Waals surface area contributed by atoms with E-state index in [1.165, 1.54) is 11.0 Å². The third-order valence-electron chi connectivity index (χ3n) is 3.46. The molecule has 1 aliphatic heterocycles. The van der Waals surface area contributed by atoms with Gasteiger partial charge in [-0.15, -0.1) is 0 Å². The molecule has 8 nitrogen and oxygen atoms in total. The molecule has 0 unspecified atom stereocenters. The smallest absolute Gasteiger partial charge is 0.287 e. The molecule has 2 N–H and O–H groups in total. The summed E-state index contributed by atoms with van der Waals surface area (Å²) in [7, 11) is 0. The van der Waals surface area contributed by atoms with Gasteiger partial charge in [0.05, 0.1) is 30.9 Å². The lowest BCUT2D eigenvalue weighted by atomic mass is 10.3. The quantitative estimate of drug-likeness (QED) is 0.814. The van der Waals surface area contributed by atoms with Gasteiger partial charge in [0.2, 0.25) is 5.91 Å². The number of furan rings is 1. The molecule has 0 bridgehead atoms. The number of hydrogen-bond acceptors (Lipinski definition) is 5. The monoisotopic (exact) mass is 380 g/mol. The standard InChI is InChI=1S/C14H13BrN4O4/c1-7-17-9-6-19(5-8(9)13(21)18-7)12(20)4-16-14(22)10-2-3-11(15)23-10/h2-3H,4-6H2,1H3,(H,16,22)(H,17,18,21). The number of aromatic nitrogens is 2. The molecule has 0 saturated heterocycles. The molecule has 3 heterocycles. The Hall–Kier alpha value is -2.42. The van der Waals surface area contributed by atoms with Crippen LogP contribution in [0.2, 0.25) is 0 Å². The van der Waals surface area contributed by atoms with Crippen molar-refractivity contribution in [2.45, 2.75) is 20.0 Å². The van der Waals surface area contributed by atoms with Crippen molar-refractivity contribution in [3.63, 3.8) is 0 Å². The van der Waals surface area contributed by atoms with E-state index >= 15 is 0 Å². The highest BCUT2D eigenvalue weighted by molar-refractivity contribution is 9.10. The van der Waals surface area contributed by atoms with E-state index in [-0.39, 0.29) is 36.9 Å². The fraction of sp³-hybridized carbons (Fsp3) is 0.286. The van der Waals surface area contributed by atoms with E-state index in [0.717, 1.165) is 0 Å². The van der Waals surface area contributed by atoms with E-state index in [1.807, 2.05) is 0 Å². The minimum absolute atomic E-state index is 0.114. The number of hydrogen-bond donors (Lipinski definition) is 2.